The number of aromatic nitrogens is 2. The number of nitrogens with zero attached hydrogens (tertiary/aromatic N) is 2. The number of halogens is 1. The van der Waals surface area contributed by atoms with E-state index in [2.05, 4.69) is 20.6 Å². The maximum atomic E-state index is 13.1. The predicted octanol–water partition coefficient (Wildman–Crippen LogP) is 4.82. The van der Waals surface area contributed by atoms with Gasteiger partial charge in [0.1, 0.15) is 11.6 Å². The van der Waals surface area contributed by atoms with Crippen molar-refractivity contribution in [2.75, 3.05) is 10.6 Å². The molecular formula is C22H17FN4O2. The fourth-order valence-corrected chi connectivity index (χ4v) is 2.91. The molecule has 3 N–H and O–H groups in total. The predicted molar refractivity (Wildman–Crippen MR) is 110 cm³/mol. The minimum atomic E-state index is -1.00. The number of para-hydroxylation sites is 1. The van der Waals surface area contributed by atoms with E-state index in [1.54, 1.807) is 24.3 Å². The van der Waals surface area contributed by atoms with Gasteiger partial charge in [0.05, 0.1) is 11.1 Å². The third-order valence-corrected chi connectivity index (χ3v) is 4.34. The Hall–Kier alpha value is -4.00. The van der Waals surface area contributed by atoms with Crippen LogP contribution in [0.3, 0.4) is 0 Å². The molecule has 0 aliphatic rings. The SMILES string of the molecule is O=C(O)c1cccc(Nc2nc(NCc3ccc(F)cc3)c3ccccc3n2)c1. The lowest BCUT2D eigenvalue weighted by molar-refractivity contribution is 0.0697. The molecule has 0 amide bonds. The number of carboxylic acid groups (broad SMARTS) is 1. The number of fused-ring (bicyclic) bond motifs is 1. The summed E-state index contributed by atoms with van der Waals surface area (Å²) in [5.41, 5.74) is 2.40. The first kappa shape index (κ1) is 18.4. The van der Waals surface area contributed by atoms with Crippen molar-refractivity contribution in [1.29, 1.82) is 0 Å². The molecule has 7 heteroatoms. The van der Waals surface area contributed by atoms with Crippen LogP contribution in [0.5, 0.6) is 0 Å². The van der Waals surface area contributed by atoms with Crippen LogP contribution in [0.1, 0.15) is 15.9 Å². The van der Waals surface area contributed by atoms with Crippen LogP contribution in [0.25, 0.3) is 10.9 Å². The number of carboxylic acids is 1. The molecule has 0 atom stereocenters. The minimum absolute atomic E-state index is 0.172. The standard InChI is InChI=1S/C22H17FN4O2/c23-16-10-8-14(9-11-16)13-24-20-18-6-1-2-7-19(18)26-22(27-20)25-17-5-3-4-15(12-17)21(28)29/h1-12H,13H2,(H,28,29)(H2,24,25,26,27). The van der Waals surface area contributed by atoms with Crippen molar-refractivity contribution >= 4 is 34.3 Å². The van der Waals surface area contributed by atoms with E-state index >= 15 is 0 Å². The Balaban J connectivity index is 1.64. The second-order valence-corrected chi connectivity index (χ2v) is 6.40. The van der Waals surface area contributed by atoms with Crippen molar-refractivity contribution < 1.29 is 14.3 Å². The zero-order valence-electron chi connectivity index (χ0n) is 15.3. The van der Waals surface area contributed by atoms with Crippen LogP contribution >= 0.6 is 0 Å². The molecule has 29 heavy (non-hydrogen) atoms. The van der Waals surface area contributed by atoms with E-state index in [0.29, 0.717) is 24.0 Å². The van der Waals surface area contributed by atoms with Crippen LogP contribution in [-0.2, 0) is 6.54 Å². The molecule has 4 aromatic rings. The van der Waals surface area contributed by atoms with Gasteiger partial charge in [0, 0.05) is 17.6 Å². The minimum Gasteiger partial charge on any atom is -0.478 e. The maximum Gasteiger partial charge on any atom is 0.335 e. The van der Waals surface area contributed by atoms with Crippen LogP contribution in [0.4, 0.5) is 21.8 Å². The molecule has 144 valence electrons. The lowest BCUT2D eigenvalue weighted by Gasteiger charge is -2.12. The molecule has 0 aliphatic heterocycles. The Kier molecular flexibility index (Phi) is 5.03. The van der Waals surface area contributed by atoms with Crippen molar-refractivity contribution in [2.45, 2.75) is 6.54 Å². The summed E-state index contributed by atoms with van der Waals surface area (Å²) < 4.78 is 13.1. The van der Waals surface area contributed by atoms with E-state index in [0.717, 1.165) is 16.5 Å². The van der Waals surface area contributed by atoms with Gasteiger partial charge in [-0.3, -0.25) is 0 Å². The lowest BCUT2D eigenvalue weighted by Crippen LogP contribution is -2.06. The van der Waals surface area contributed by atoms with Crippen molar-refractivity contribution in [3.05, 3.63) is 89.7 Å². The summed E-state index contributed by atoms with van der Waals surface area (Å²) in [5.74, 6) is -0.323. The van der Waals surface area contributed by atoms with Gasteiger partial charge in [-0.1, -0.05) is 30.3 Å². The van der Waals surface area contributed by atoms with E-state index in [1.807, 2.05) is 24.3 Å². The third kappa shape index (κ3) is 4.30. The zero-order valence-corrected chi connectivity index (χ0v) is 15.3. The fourth-order valence-electron chi connectivity index (χ4n) is 2.91. The van der Waals surface area contributed by atoms with Crippen LogP contribution < -0.4 is 10.6 Å². The molecule has 1 aromatic heterocycles. The monoisotopic (exact) mass is 388 g/mol. The summed E-state index contributed by atoms with van der Waals surface area (Å²) in [6.45, 7) is 0.467. The van der Waals surface area contributed by atoms with Gasteiger partial charge in [0.15, 0.2) is 0 Å². The van der Waals surface area contributed by atoms with E-state index < -0.39 is 5.97 Å². The number of hydrogen-bond donors (Lipinski definition) is 3. The van der Waals surface area contributed by atoms with Crippen molar-refractivity contribution in [3.63, 3.8) is 0 Å². The molecule has 0 aliphatic carbocycles. The van der Waals surface area contributed by atoms with Crippen molar-refractivity contribution in [1.82, 2.24) is 9.97 Å². The van der Waals surface area contributed by atoms with Gasteiger partial charge in [0.2, 0.25) is 5.95 Å². The first-order valence-electron chi connectivity index (χ1n) is 8.94. The molecule has 0 saturated heterocycles. The molecule has 0 radical (unpaired) electrons. The molecule has 1 heterocycles. The average Bonchev–Trinajstić information content (AvgIpc) is 2.73. The van der Waals surface area contributed by atoms with Crippen LogP contribution in [0.2, 0.25) is 0 Å². The highest BCUT2D eigenvalue weighted by atomic mass is 19.1. The number of anilines is 3. The summed E-state index contributed by atoms with van der Waals surface area (Å²) in [7, 11) is 0. The van der Waals surface area contributed by atoms with Crippen LogP contribution in [0, 0.1) is 5.82 Å². The highest BCUT2D eigenvalue weighted by molar-refractivity contribution is 5.91. The Labute approximate surface area is 166 Å². The van der Waals surface area contributed by atoms with Gasteiger partial charge in [-0.2, -0.15) is 4.98 Å². The zero-order chi connectivity index (χ0) is 20.2. The van der Waals surface area contributed by atoms with E-state index in [4.69, 9.17) is 5.11 Å². The van der Waals surface area contributed by atoms with Gasteiger partial charge < -0.3 is 15.7 Å². The summed E-state index contributed by atoms with van der Waals surface area (Å²) in [4.78, 5) is 20.2. The average molecular weight is 388 g/mol. The van der Waals surface area contributed by atoms with Crippen LogP contribution in [0.15, 0.2) is 72.8 Å². The molecular weight excluding hydrogens is 371 g/mol. The molecule has 0 spiro atoms. The summed E-state index contributed by atoms with van der Waals surface area (Å²) >= 11 is 0. The number of carbonyl (C=O) groups is 1. The molecule has 4 rings (SSSR count). The summed E-state index contributed by atoms with van der Waals surface area (Å²) in [6, 6.07) is 20.3. The van der Waals surface area contributed by atoms with Crippen molar-refractivity contribution in [3.8, 4) is 0 Å². The van der Waals surface area contributed by atoms with Gasteiger partial charge in [-0.25, -0.2) is 14.2 Å². The highest BCUT2D eigenvalue weighted by Gasteiger charge is 2.09. The summed E-state index contributed by atoms with van der Waals surface area (Å²) in [5, 5.41) is 16.3. The maximum absolute atomic E-state index is 13.1. The van der Waals surface area contributed by atoms with Gasteiger partial charge >= 0.3 is 5.97 Å². The summed E-state index contributed by atoms with van der Waals surface area (Å²) in [6.07, 6.45) is 0. The second-order valence-electron chi connectivity index (χ2n) is 6.40. The first-order valence-corrected chi connectivity index (χ1v) is 8.94. The van der Waals surface area contributed by atoms with Gasteiger partial charge in [-0.05, 0) is 48.0 Å². The number of rotatable bonds is 6. The Morgan fingerprint density at radius 2 is 1.76 bits per heavy atom. The molecule has 3 aromatic carbocycles. The lowest BCUT2D eigenvalue weighted by atomic mass is 10.2. The fraction of sp³-hybridized carbons (Fsp3) is 0.0455. The largest absolute Gasteiger partial charge is 0.478 e. The second kappa shape index (κ2) is 7.93. The molecule has 0 fully saturated rings. The van der Waals surface area contributed by atoms with E-state index in [-0.39, 0.29) is 11.4 Å². The van der Waals surface area contributed by atoms with E-state index in [9.17, 15) is 9.18 Å². The molecule has 0 unspecified atom stereocenters. The number of aromatic carboxylic acids is 1. The first-order chi connectivity index (χ1) is 14.1. The Bertz CT molecular complexity index is 1180. The normalized spacial score (nSPS) is 10.7. The number of nitrogens with one attached hydrogen (secondary N) is 2. The quantitative estimate of drug-likeness (QED) is 0.439. The smallest absolute Gasteiger partial charge is 0.335 e. The number of benzene rings is 3. The number of hydrogen-bond acceptors (Lipinski definition) is 5. The molecule has 0 bridgehead atoms. The third-order valence-electron chi connectivity index (χ3n) is 4.34. The van der Waals surface area contributed by atoms with Gasteiger partial charge in [0.25, 0.3) is 0 Å². The Morgan fingerprint density at radius 1 is 0.966 bits per heavy atom. The topological polar surface area (TPSA) is 87.1 Å². The van der Waals surface area contributed by atoms with Crippen molar-refractivity contribution in [2.24, 2.45) is 0 Å². The molecule has 6 nitrogen and oxygen atoms in total. The van der Waals surface area contributed by atoms with Gasteiger partial charge in [-0.15, -0.1) is 0 Å². The highest BCUT2D eigenvalue weighted by Crippen LogP contribution is 2.24. The Morgan fingerprint density at radius 3 is 2.55 bits per heavy atom. The van der Waals surface area contributed by atoms with E-state index in [1.165, 1.54) is 24.3 Å². The molecule has 0 saturated carbocycles. The van der Waals surface area contributed by atoms with Crippen LogP contribution in [-0.4, -0.2) is 21.0 Å².